The molecule has 0 aliphatic carbocycles. The predicted octanol–water partition coefficient (Wildman–Crippen LogP) is 4.58. The first-order valence-electron chi connectivity index (χ1n) is 9.57. The molecule has 0 N–H and O–H groups in total. The van der Waals surface area contributed by atoms with E-state index in [1.165, 1.54) is 11.1 Å². The summed E-state index contributed by atoms with van der Waals surface area (Å²) in [4.78, 5) is 4.85. The van der Waals surface area contributed by atoms with E-state index in [-0.39, 0.29) is 0 Å². The molecule has 1 atom stereocenters. The van der Waals surface area contributed by atoms with Gasteiger partial charge in [-0.25, -0.2) is 4.98 Å². The summed E-state index contributed by atoms with van der Waals surface area (Å²) in [5, 5.41) is 6.68. The largest absolute Gasteiger partial charge is 0.311 e. The smallest absolute Gasteiger partial charge is 0.232 e. The van der Waals surface area contributed by atoms with E-state index in [9.17, 15) is 4.21 Å². The number of rotatable bonds is 3. The Hall–Kier alpha value is -2.47. The number of aryl methyl sites for hydroxylation is 4. The molecule has 0 spiro atoms. The van der Waals surface area contributed by atoms with E-state index in [0.717, 1.165) is 43.7 Å². The number of hydrogen-bond donors (Lipinski definition) is 0. The van der Waals surface area contributed by atoms with Crippen molar-refractivity contribution in [2.75, 3.05) is 5.75 Å². The van der Waals surface area contributed by atoms with Crippen molar-refractivity contribution in [2.24, 2.45) is 7.05 Å². The van der Waals surface area contributed by atoms with E-state index in [1.54, 1.807) is 4.68 Å². The van der Waals surface area contributed by atoms with Crippen LogP contribution in [-0.2, 0) is 17.8 Å². The molecule has 0 saturated carbocycles. The second kappa shape index (κ2) is 6.55. The van der Waals surface area contributed by atoms with Crippen LogP contribution >= 0.6 is 0 Å². The second-order valence-corrected chi connectivity index (χ2v) is 9.19. The molecule has 0 fully saturated rings. The van der Waals surface area contributed by atoms with E-state index in [2.05, 4.69) is 52.8 Å². The zero-order valence-corrected chi connectivity index (χ0v) is 18.4. The Morgan fingerprint density at radius 3 is 2.36 bits per heavy atom. The van der Waals surface area contributed by atoms with Gasteiger partial charge in [-0.2, -0.15) is 9.78 Å². The van der Waals surface area contributed by atoms with Gasteiger partial charge >= 0.3 is 0 Å². The molecule has 2 aromatic carbocycles. The van der Waals surface area contributed by atoms with E-state index >= 15 is 0 Å². The fraction of sp³-hybridized carbons (Fsp3) is 0.364. The highest BCUT2D eigenvalue weighted by Gasteiger charge is 2.25. The van der Waals surface area contributed by atoms with Crippen LogP contribution in [0.15, 0.2) is 23.2 Å². The van der Waals surface area contributed by atoms with E-state index in [4.69, 9.17) is 10.1 Å². The monoisotopic (exact) mass is 394 g/mol. The maximum absolute atomic E-state index is 13.1. The number of benzene rings is 2. The summed E-state index contributed by atoms with van der Waals surface area (Å²) in [6.07, 6.45) is 0. The van der Waals surface area contributed by atoms with Gasteiger partial charge < -0.3 is 4.57 Å². The summed E-state index contributed by atoms with van der Waals surface area (Å²) in [5.41, 5.74) is 8.80. The van der Waals surface area contributed by atoms with Crippen LogP contribution in [0.25, 0.3) is 27.9 Å². The Kier molecular flexibility index (Phi) is 4.42. The average molecular weight is 395 g/mol. The number of nitrogens with zero attached hydrogens (tertiary/aromatic N) is 4. The van der Waals surface area contributed by atoms with Crippen molar-refractivity contribution in [1.29, 1.82) is 0 Å². The third-order valence-corrected chi connectivity index (χ3v) is 7.27. The van der Waals surface area contributed by atoms with Crippen LogP contribution in [0.4, 0.5) is 0 Å². The zero-order valence-electron chi connectivity index (χ0n) is 17.5. The highest BCUT2D eigenvalue weighted by molar-refractivity contribution is 7.85. The first-order valence-corrected chi connectivity index (χ1v) is 10.9. The number of aromatic nitrogens is 4. The normalized spacial score (nSPS) is 13.0. The fourth-order valence-corrected chi connectivity index (χ4v) is 4.97. The van der Waals surface area contributed by atoms with Gasteiger partial charge in [-0.3, -0.25) is 4.21 Å². The summed E-state index contributed by atoms with van der Waals surface area (Å²) < 4.78 is 17.0. The van der Waals surface area contributed by atoms with Gasteiger partial charge in [-0.05, 0) is 74.6 Å². The van der Waals surface area contributed by atoms with Crippen LogP contribution < -0.4 is 0 Å². The Morgan fingerprint density at radius 1 is 1.00 bits per heavy atom. The van der Waals surface area contributed by atoms with Crippen molar-refractivity contribution in [3.05, 3.63) is 46.0 Å². The van der Waals surface area contributed by atoms with Crippen LogP contribution in [0.3, 0.4) is 0 Å². The standard InChI is InChI=1S/C22H26N4OS/c1-8-28(27)21-19-15(5)13(3)14(4)16(6)20(19)24-26(21)22-23-17-11-12(2)9-10-18(17)25(22)7/h9-11H,8H2,1-7H3. The lowest BCUT2D eigenvalue weighted by Gasteiger charge is -2.11. The summed E-state index contributed by atoms with van der Waals surface area (Å²) in [5.74, 6) is 1.23. The van der Waals surface area contributed by atoms with E-state index in [1.807, 2.05) is 18.5 Å². The lowest BCUT2D eigenvalue weighted by Crippen LogP contribution is -2.10. The Morgan fingerprint density at radius 2 is 1.68 bits per heavy atom. The molecule has 5 nitrogen and oxygen atoms in total. The van der Waals surface area contributed by atoms with Gasteiger partial charge in [-0.1, -0.05) is 13.0 Å². The highest BCUT2D eigenvalue weighted by atomic mass is 32.2. The first-order chi connectivity index (χ1) is 13.3. The molecule has 0 aliphatic rings. The molecule has 2 heterocycles. The van der Waals surface area contributed by atoms with E-state index < -0.39 is 10.8 Å². The van der Waals surface area contributed by atoms with Crippen LogP contribution in [-0.4, -0.2) is 29.3 Å². The predicted molar refractivity (Wildman–Crippen MR) is 116 cm³/mol. The first kappa shape index (κ1) is 18.9. The second-order valence-electron chi connectivity index (χ2n) is 7.54. The Bertz CT molecular complexity index is 1280. The molecular formula is C22H26N4OS. The van der Waals surface area contributed by atoms with Gasteiger partial charge in [0.05, 0.1) is 27.3 Å². The van der Waals surface area contributed by atoms with Crippen molar-refractivity contribution in [3.8, 4) is 5.95 Å². The highest BCUT2D eigenvalue weighted by Crippen LogP contribution is 2.34. The van der Waals surface area contributed by atoms with Gasteiger partial charge in [0.25, 0.3) is 0 Å². The maximum Gasteiger partial charge on any atom is 0.232 e. The quantitative estimate of drug-likeness (QED) is 0.511. The Balaban J connectivity index is 2.16. The van der Waals surface area contributed by atoms with Crippen LogP contribution in [0, 0.1) is 34.6 Å². The molecule has 146 valence electrons. The molecule has 0 bridgehead atoms. The zero-order chi connectivity index (χ0) is 20.3. The lowest BCUT2D eigenvalue weighted by molar-refractivity contribution is 0.664. The molecule has 1 unspecified atom stereocenters. The topological polar surface area (TPSA) is 52.7 Å². The minimum absolute atomic E-state index is 0.537. The van der Waals surface area contributed by atoms with Crippen LogP contribution in [0.2, 0.25) is 0 Å². The lowest BCUT2D eigenvalue weighted by atomic mass is 9.96. The van der Waals surface area contributed by atoms with Crippen LogP contribution in [0.1, 0.15) is 34.7 Å². The molecule has 28 heavy (non-hydrogen) atoms. The van der Waals surface area contributed by atoms with Gasteiger partial charge in [0.2, 0.25) is 5.95 Å². The molecule has 0 saturated heterocycles. The minimum Gasteiger partial charge on any atom is -0.311 e. The van der Waals surface area contributed by atoms with Gasteiger partial charge in [-0.15, -0.1) is 0 Å². The number of imidazole rings is 1. The van der Waals surface area contributed by atoms with Gasteiger partial charge in [0, 0.05) is 18.2 Å². The summed E-state index contributed by atoms with van der Waals surface area (Å²) in [6, 6.07) is 6.23. The molecule has 0 radical (unpaired) electrons. The molecule has 2 aromatic heterocycles. The molecule has 0 aliphatic heterocycles. The maximum atomic E-state index is 13.1. The molecule has 4 rings (SSSR count). The summed E-state index contributed by atoms with van der Waals surface area (Å²) >= 11 is 0. The van der Waals surface area contributed by atoms with Gasteiger partial charge in [0.1, 0.15) is 5.03 Å². The van der Waals surface area contributed by atoms with E-state index in [0.29, 0.717) is 11.7 Å². The third kappa shape index (κ3) is 2.54. The SMILES string of the molecule is CCS(=O)c1c2c(C)c(C)c(C)c(C)c2nn1-c1nc2cc(C)ccc2n1C. The fourth-order valence-electron chi connectivity index (χ4n) is 3.90. The number of hydrogen-bond acceptors (Lipinski definition) is 3. The molecular weight excluding hydrogens is 368 g/mol. The molecule has 6 heteroatoms. The van der Waals surface area contributed by atoms with Crippen molar-refractivity contribution >= 4 is 32.7 Å². The van der Waals surface area contributed by atoms with Crippen LogP contribution in [0.5, 0.6) is 0 Å². The van der Waals surface area contributed by atoms with Crippen molar-refractivity contribution in [2.45, 2.75) is 46.6 Å². The molecule has 4 aromatic rings. The summed E-state index contributed by atoms with van der Waals surface area (Å²) in [7, 11) is 0.821. The van der Waals surface area contributed by atoms with Crippen molar-refractivity contribution < 1.29 is 4.21 Å². The average Bonchev–Trinajstić information content (AvgIpc) is 3.22. The summed E-state index contributed by atoms with van der Waals surface area (Å²) in [6.45, 7) is 12.5. The minimum atomic E-state index is -1.17. The number of fused-ring (bicyclic) bond motifs is 2. The molecule has 0 amide bonds. The van der Waals surface area contributed by atoms with Crippen molar-refractivity contribution in [3.63, 3.8) is 0 Å². The van der Waals surface area contributed by atoms with Crippen molar-refractivity contribution in [1.82, 2.24) is 19.3 Å². The van der Waals surface area contributed by atoms with Gasteiger partial charge in [0.15, 0.2) is 0 Å². The third-order valence-electron chi connectivity index (χ3n) is 5.94. The Labute approximate surface area is 167 Å².